The summed E-state index contributed by atoms with van der Waals surface area (Å²) in [7, 11) is 1.24. The summed E-state index contributed by atoms with van der Waals surface area (Å²) < 4.78 is 4.62. The van der Waals surface area contributed by atoms with E-state index in [4.69, 9.17) is 0 Å². The lowest BCUT2D eigenvalue weighted by Gasteiger charge is -2.18. The molecule has 1 N–H and O–H groups in total. The Morgan fingerprint density at radius 1 is 1.32 bits per heavy atom. The molecule has 0 spiro atoms. The fourth-order valence-electron chi connectivity index (χ4n) is 1.79. The average Bonchev–Trinajstić information content (AvgIpc) is 2.49. The van der Waals surface area contributed by atoms with Crippen molar-refractivity contribution in [3.05, 3.63) is 46.0 Å². The number of rotatable bonds is 6. The molecular formula is C15H18N2O5. The molecule has 0 bridgehead atoms. The fraction of sp³-hybridized carbons (Fsp3) is 0.333. The Bertz CT molecular complexity index is 595. The van der Waals surface area contributed by atoms with Gasteiger partial charge in [-0.1, -0.05) is 26.0 Å². The van der Waals surface area contributed by atoms with Crippen LogP contribution < -0.4 is 5.32 Å². The van der Waals surface area contributed by atoms with Crippen LogP contribution >= 0.6 is 0 Å². The predicted molar refractivity (Wildman–Crippen MR) is 80.9 cm³/mol. The molecule has 0 fully saturated rings. The highest BCUT2D eigenvalue weighted by molar-refractivity contribution is 5.95. The van der Waals surface area contributed by atoms with Crippen molar-refractivity contribution in [2.45, 2.75) is 19.9 Å². The number of carbonyl (C=O) groups is 2. The van der Waals surface area contributed by atoms with Crippen LogP contribution in [0.4, 0.5) is 5.69 Å². The van der Waals surface area contributed by atoms with E-state index in [2.05, 4.69) is 10.1 Å². The van der Waals surface area contributed by atoms with Gasteiger partial charge in [0.1, 0.15) is 6.04 Å². The molecule has 0 aliphatic heterocycles. The molecule has 22 heavy (non-hydrogen) atoms. The van der Waals surface area contributed by atoms with E-state index in [1.54, 1.807) is 26.0 Å². The van der Waals surface area contributed by atoms with Gasteiger partial charge in [0.15, 0.2) is 0 Å². The summed E-state index contributed by atoms with van der Waals surface area (Å²) in [5.74, 6) is -1.21. The maximum Gasteiger partial charge on any atom is 0.328 e. The number of amides is 1. The topological polar surface area (TPSA) is 98.5 Å². The van der Waals surface area contributed by atoms with Gasteiger partial charge in [0, 0.05) is 12.1 Å². The summed E-state index contributed by atoms with van der Waals surface area (Å²) in [5.41, 5.74) is 0.210. The predicted octanol–water partition coefficient (Wildman–Crippen LogP) is 1.92. The molecule has 118 valence electrons. The molecule has 1 aromatic carbocycles. The van der Waals surface area contributed by atoms with E-state index in [0.717, 1.165) is 6.08 Å². The molecule has 0 heterocycles. The fourth-order valence-corrected chi connectivity index (χ4v) is 1.79. The second kappa shape index (κ2) is 7.92. The number of nitrogens with one attached hydrogen (secondary N) is 1. The number of hydrogen-bond acceptors (Lipinski definition) is 5. The second-order valence-electron chi connectivity index (χ2n) is 4.90. The highest BCUT2D eigenvalue weighted by Crippen LogP contribution is 2.18. The molecule has 1 atom stereocenters. The Kier molecular flexibility index (Phi) is 6.25. The zero-order valence-electron chi connectivity index (χ0n) is 12.6. The first-order valence-electron chi connectivity index (χ1n) is 6.66. The van der Waals surface area contributed by atoms with Crippen LogP contribution in [0.3, 0.4) is 0 Å². The van der Waals surface area contributed by atoms with Crippen molar-refractivity contribution >= 4 is 23.6 Å². The first kappa shape index (κ1) is 17.4. The summed E-state index contributed by atoms with van der Waals surface area (Å²) in [6.45, 7) is 3.54. The molecule has 0 aliphatic rings. The summed E-state index contributed by atoms with van der Waals surface area (Å²) in [4.78, 5) is 33.8. The van der Waals surface area contributed by atoms with Gasteiger partial charge in [-0.25, -0.2) is 4.79 Å². The van der Waals surface area contributed by atoms with Crippen molar-refractivity contribution in [1.29, 1.82) is 0 Å². The number of nitrogens with zero attached hydrogens (tertiary/aromatic N) is 1. The first-order chi connectivity index (χ1) is 10.4. The van der Waals surface area contributed by atoms with Crippen LogP contribution in [0.5, 0.6) is 0 Å². The van der Waals surface area contributed by atoms with Crippen LogP contribution in [0, 0.1) is 16.0 Å². The third-order valence-electron chi connectivity index (χ3n) is 2.97. The number of esters is 1. The normalized spacial score (nSPS) is 12.2. The Morgan fingerprint density at radius 2 is 1.95 bits per heavy atom. The van der Waals surface area contributed by atoms with Crippen molar-refractivity contribution in [2.75, 3.05) is 7.11 Å². The Balaban J connectivity index is 2.84. The maximum atomic E-state index is 11.9. The molecule has 1 amide bonds. The van der Waals surface area contributed by atoms with Crippen LogP contribution in [-0.4, -0.2) is 30.0 Å². The number of para-hydroxylation sites is 1. The molecule has 0 unspecified atom stereocenters. The van der Waals surface area contributed by atoms with Crippen molar-refractivity contribution in [2.24, 2.45) is 5.92 Å². The third-order valence-corrected chi connectivity index (χ3v) is 2.97. The Hall–Kier alpha value is -2.70. The molecule has 0 radical (unpaired) electrons. The molecule has 1 aromatic rings. The van der Waals surface area contributed by atoms with Crippen molar-refractivity contribution < 1.29 is 19.2 Å². The maximum absolute atomic E-state index is 11.9. The number of benzene rings is 1. The molecular weight excluding hydrogens is 288 g/mol. The number of carbonyl (C=O) groups excluding carboxylic acids is 2. The van der Waals surface area contributed by atoms with Gasteiger partial charge in [-0.2, -0.15) is 0 Å². The minimum atomic E-state index is -0.770. The number of ether oxygens (including phenoxy) is 1. The second-order valence-corrected chi connectivity index (χ2v) is 4.90. The Morgan fingerprint density at radius 3 is 2.50 bits per heavy atom. The molecule has 0 aromatic heterocycles. The lowest BCUT2D eigenvalue weighted by atomic mass is 10.0. The quantitative estimate of drug-likeness (QED) is 0.375. The minimum Gasteiger partial charge on any atom is -0.467 e. The lowest BCUT2D eigenvalue weighted by molar-refractivity contribution is -0.385. The van der Waals surface area contributed by atoms with Crippen molar-refractivity contribution in [3.8, 4) is 0 Å². The van der Waals surface area contributed by atoms with Crippen LogP contribution in [0.25, 0.3) is 6.08 Å². The molecule has 7 nitrogen and oxygen atoms in total. The van der Waals surface area contributed by atoms with Gasteiger partial charge in [-0.3, -0.25) is 14.9 Å². The molecule has 1 rings (SSSR count). The Labute approximate surface area is 128 Å². The van der Waals surface area contributed by atoms with E-state index in [0.29, 0.717) is 5.56 Å². The van der Waals surface area contributed by atoms with Crippen LogP contribution in [-0.2, 0) is 14.3 Å². The molecule has 0 aliphatic carbocycles. The molecule has 0 saturated carbocycles. The van der Waals surface area contributed by atoms with Gasteiger partial charge in [-0.15, -0.1) is 0 Å². The van der Waals surface area contributed by atoms with Crippen LogP contribution in [0.1, 0.15) is 19.4 Å². The zero-order chi connectivity index (χ0) is 16.7. The van der Waals surface area contributed by atoms with Gasteiger partial charge >= 0.3 is 5.97 Å². The summed E-state index contributed by atoms with van der Waals surface area (Å²) in [6, 6.07) is 5.29. The van der Waals surface area contributed by atoms with E-state index in [1.807, 2.05) is 0 Å². The first-order valence-corrected chi connectivity index (χ1v) is 6.66. The van der Waals surface area contributed by atoms with Crippen molar-refractivity contribution in [3.63, 3.8) is 0 Å². The third kappa shape index (κ3) is 4.69. The number of methoxy groups -OCH3 is 1. The van der Waals surface area contributed by atoms with Gasteiger partial charge < -0.3 is 10.1 Å². The van der Waals surface area contributed by atoms with Gasteiger partial charge in [0.05, 0.1) is 17.6 Å². The van der Waals surface area contributed by atoms with E-state index in [1.165, 1.54) is 25.3 Å². The van der Waals surface area contributed by atoms with E-state index < -0.39 is 22.8 Å². The molecule has 0 saturated heterocycles. The van der Waals surface area contributed by atoms with Gasteiger partial charge in [-0.05, 0) is 18.1 Å². The monoisotopic (exact) mass is 306 g/mol. The summed E-state index contributed by atoms with van der Waals surface area (Å²) >= 11 is 0. The van der Waals surface area contributed by atoms with E-state index in [9.17, 15) is 19.7 Å². The van der Waals surface area contributed by atoms with Crippen LogP contribution in [0.15, 0.2) is 30.3 Å². The van der Waals surface area contributed by atoms with E-state index in [-0.39, 0.29) is 11.6 Å². The van der Waals surface area contributed by atoms with Gasteiger partial charge in [0.2, 0.25) is 5.91 Å². The van der Waals surface area contributed by atoms with Crippen LogP contribution in [0.2, 0.25) is 0 Å². The molecule has 7 heteroatoms. The number of hydrogen-bond donors (Lipinski definition) is 1. The minimum absolute atomic E-state index is 0.0973. The van der Waals surface area contributed by atoms with Crippen molar-refractivity contribution in [1.82, 2.24) is 5.32 Å². The number of nitro groups is 1. The van der Waals surface area contributed by atoms with E-state index >= 15 is 0 Å². The highest BCUT2D eigenvalue weighted by atomic mass is 16.6. The van der Waals surface area contributed by atoms with Gasteiger partial charge in [0.25, 0.3) is 5.69 Å². The lowest BCUT2D eigenvalue weighted by Crippen LogP contribution is -2.44. The summed E-state index contributed by atoms with van der Waals surface area (Å²) in [6.07, 6.45) is 2.49. The SMILES string of the molecule is COC(=O)[C@@H](NC(=O)C=Cc1ccccc1[N+](=O)[O-])C(C)C. The summed E-state index contributed by atoms with van der Waals surface area (Å²) in [5, 5.41) is 13.4. The zero-order valence-corrected chi connectivity index (χ0v) is 12.6. The number of nitro benzene ring substituents is 1. The smallest absolute Gasteiger partial charge is 0.328 e. The largest absolute Gasteiger partial charge is 0.467 e. The standard InChI is InChI=1S/C15H18N2O5/c1-10(2)14(15(19)22-3)16-13(18)9-8-11-6-4-5-7-12(11)17(20)21/h4-10,14H,1-3H3,(H,16,18)/t14-/m0/s1. The average molecular weight is 306 g/mol. The highest BCUT2D eigenvalue weighted by Gasteiger charge is 2.24.